The minimum atomic E-state index is 0.596. The molecule has 1 N–H and O–H groups in total. The summed E-state index contributed by atoms with van der Waals surface area (Å²) in [5.74, 6) is 2.46. The quantitative estimate of drug-likeness (QED) is 0.556. The summed E-state index contributed by atoms with van der Waals surface area (Å²) in [6, 6.07) is 12.5. The summed E-state index contributed by atoms with van der Waals surface area (Å²) in [6.07, 6.45) is 7.54. The summed E-state index contributed by atoms with van der Waals surface area (Å²) in [5.41, 5.74) is 2.27. The van der Waals surface area contributed by atoms with E-state index >= 15 is 0 Å². The molecule has 3 heterocycles. The second kappa shape index (κ2) is 7.35. The Morgan fingerprint density at radius 1 is 1.12 bits per heavy atom. The molecule has 4 rings (SSSR count). The fraction of sp³-hybridized carbons (Fsp3) is 0.263. The molecule has 0 aliphatic heterocycles. The van der Waals surface area contributed by atoms with Gasteiger partial charge in [0.1, 0.15) is 18.0 Å². The zero-order valence-electron chi connectivity index (χ0n) is 14.7. The predicted octanol–water partition coefficient (Wildman–Crippen LogP) is 2.87. The van der Waals surface area contributed by atoms with Crippen molar-refractivity contribution >= 4 is 11.6 Å². The van der Waals surface area contributed by atoms with Crippen LogP contribution in [0, 0.1) is 6.92 Å². The van der Waals surface area contributed by atoms with Gasteiger partial charge in [-0.05, 0) is 25.3 Å². The first-order chi connectivity index (χ1) is 12.8. The Hall–Kier alpha value is -3.22. The third kappa shape index (κ3) is 3.56. The van der Waals surface area contributed by atoms with Crippen LogP contribution in [0.2, 0.25) is 0 Å². The van der Waals surface area contributed by atoms with E-state index < -0.39 is 0 Å². The van der Waals surface area contributed by atoms with Crippen molar-refractivity contribution in [3.05, 3.63) is 72.2 Å². The summed E-state index contributed by atoms with van der Waals surface area (Å²) in [6.45, 7) is 3.52. The second-order valence-electron chi connectivity index (χ2n) is 6.23. The first-order valence-electron chi connectivity index (χ1n) is 8.75. The van der Waals surface area contributed by atoms with Crippen LogP contribution in [0.25, 0.3) is 5.78 Å². The number of anilines is 1. The van der Waals surface area contributed by atoms with Gasteiger partial charge in [-0.25, -0.2) is 9.97 Å². The second-order valence-corrected chi connectivity index (χ2v) is 6.23. The van der Waals surface area contributed by atoms with Crippen molar-refractivity contribution in [2.75, 3.05) is 5.32 Å². The van der Waals surface area contributed by atoms with Crippen molar-refractivity contribution in [1.29, 1.82) is 0 Å². The van der Waals surface area contributed by atoms with Crippen molar-refractivity contribution in [2.24, 2.45) is 0 Å². The molecule has 0 amide bonds. The molecule has 4 aromatic rings. The maximum atomic E-state index is 4.49. The van der Waals surface area contributed by atoms with E-state index in [2.05, 4.69) is 60.3 Å². The molecular formula is C19H21N7. The lowest BCUT2D eigenvalue weighted by molar-refractivity contribution is 0.615. The van der Waals surface area contributed by atoms with Crippen LogP contribution in [0.3, 0.4) is 0 Å². The molecule has 0 aliphatic carbocycles. The Labute approximate surface area is 151 Å². The molecule has 3 aromatic heterocycles. The Bertz CT molecular complexity index is 987. The third-order valence-electron chi connectivity index (χ3n) is 4.32. The molecule has 7 heteroatoms. The van der Waals surface area contributed by atoms with Gasteiger partial charge in [0.05, 0.1) is 6.54 Å². The van der Waals surface area contributed by atoms with E-state index in [9.17, 15) is 0 Å². The summed E-state index contributed by atoms with van der Waals surface area (Å²) >= 11 is 0. The van der Waals surface area contributed by atoms with Crippen molar-refractivity contribution in [3.8, 4) is 0 Å². The van der Waals surface area contributed by atoms with Gasteiger partial charge >= 0.3 is 0 Å². The van der Waals surface area contributed by atoms with Crippen molar-refractivity contribution in [2.45, 2.75) is 32.9 Å². The topological polar surface area (TPSA) is 72.9 Å². The highest BCUT2D eigenvalue weighted by molar-refractivity contribution is 5.44. The average molecular weight is 347 g/mol. The monoisotopic (exact) mass is 347 g/mol. The van der Waals surface area contributed by atoms with Crippen LogP contribution in [0.5, 0.6) is 0 Å². The Morgan fingerprint density at radius 2 is 2.00 bits per heavy atom. The summed E-state index contributed by atoms with van der Waals surface area (Å²) in [7, 11) is 0. The van der Waals surface area contributed by atoms with E-state index in [1.165, 1.54) is 11.9 Å². The molecular weight excluding hydrogens is 326 g/mol. The zero-order chi connectivity index (χ0) is 17.8. The van der Waals surface area contributed by atoms with Gasteiger partial charge in [-0.15, -0.1) is 0 Å². The fourth-order valence-corrected chi connectivity index (χ4v) is 3.04. The van der Waals surface area contributed by atoms with E-state index in [1.807, 2.05) is 25.4 Å². The smallest absolute Gasteiger partial charge is 0.254 e. The Balaban J connectivity index is 1.40. The Morgan fingerprint density at radius 3 is 2.88 bits per heavy atom. The molecule has 0 atom stereocenters. The highest BCUT2D eigenvalue weighted by Crippen LogP contribution is 2.12. The number of rotatable bonds is 7. The number of hydrogen-bond acceptors (Lipinski definition) is 5. The molecule has 0 unspecified atom stereocenters. The largest absolute Gasteiger partial charge is 0.363 e. The number of aromatic nitrogens is 6. The number of fused-ring (bicyclic) bond motifs is 1. The number of imidazole rings is 1. The maximum Gasteiger partial charge on any atom is 0.254 e. The maximum absolute atomic E-state index is 4.49. The van der Waals surface area contributed by atoms with Gasteiger partial charge in [0.2, 0.25) is 0 Å². The van der Waals surface area contributed by atoms with Crippen LogP contribution in [0.4, 0.5) is 5.82 Å². The van der Waals surface area contributed by atoms with E-state index in [-0.39, 0.29) is 0 Å². The van der Waals surface area contributed by atoms with Crippen LogP contribution >= 0.6 is 0 Å². The summed E-state index contributed by atoms with van der Waals surface area (Å²) in [4.78, 5) is 13.0. The number of benzene rings is 1. The van der Waals surface area contributed by atoms with E-state index in [4.69, 9.17) is 0 Å². The van der Waals surface area contributed by atoms with Crippen LogP contribution in [-0.2, 0) is 19.5 Å². The molecule has 0 saturated heterocycles. The number of nitrogens with one attached hydrogen (secondary N) is 1. The van der Waals surface area contributed by atoms with Gasteiger partial charge in [-0.1, -0.05) is 30.3 Å². The molecule has 1 aromatic carbocycles. The molecule has 0 bridgehead atoms. The molecule has 7 nitrogen and oxygen atoms in total. The van der Waals surface area contributed by atoms with Crippen LogP contribution in [-0.4, -0.2) is 29.1 Å². The lowest BCUT2D eigenvalue weighted by Gasteiger charge is -2.11. The van der Waals surface area contributed by atoms with Gasteiger partial charge in [0, 0.05) is 30.7 Å². The van der Waals surface area contributed by atoms with E-state index in [1.54, 1.807) is 4.52 Å². The minimum absolute atomic E-state index is 0.596. The highest BCUT2D eigenvalue weighted by Gasteiger charge is 2.07. The first-order valence-corrected chi connectivity index (χ1v) is 8.75. The molecule has 0 spiro atoms. The lowest BCUT2D eigenvalue weighted by atomic mass is 10.1. The standard InChI is InChI=1S/C19H21N7/c1-15-12-17(26-19(24-15)22-14-23-26)21-13-18-20-9-11-25(18)10-5-8-16-6-3-2-4-7-16/h2-4,6-7,9,11-12,14,21H,5,8,10,13H2,1H3. The highest BCUT2D eigenvalue weighted by atomic mass is 15.4. The van der Waals surface area contributed by atoms with Crippen molar-refractivity contribution in [1.82, 2.24) is 29.1 Å². The van der Waals surface area contributed by atoms with Gasteiger partial charge < -0.3 is 9.88 Å². The van der Waals surface area contributed by atoms with Crippen molar-refractivity contribution < 1.29 is 0 Å². The lowest BCUT2D eigenvalue weighted by Crippen LogP contribution is -2.12. The molecule has 0 aliphatic rings. The van der Waals surface area contributed by atoms with Gasteiger partial charge in [0.25, 0.3) is 5.78 Å². The van der Waals surface area contributed by atoms with Crippen molar-refractivity contribution in [3.63, 3.8) is 0 Å². The zero-order valence-corrected chi connectivity index (χ0v) is 14.7. The molecule has 0 saturated carbocycles. The minimum Gasteiger partial charge on any atom is -0.363 e. The fourth-order valence-electron chi connectivity index (χ4n) is 3.04. The molecule has 0 radical (unpaired) electrons. The van der Waals surface area contributed by atoms with Gasteiger partial charge in [0.15, 0.2) is 0 Å². The van der Waals surface area contributed by atoms with Gasteiger partial charge in [-0.3, -0.25) is 0 Å². The van der Waals surface area contributed by atoms with Crippen LogP contribution < -0.4 is 5.32 Å². The predicted molar refractivity (Wildman–Crippen MR) is 99.8 cm³/mol. The third-order valence-corrected chi connectivity index (χ3v) is 4.32. The average Bonchev–Trinajstić information content (AvgIpc) is 3.29. The van der Waals surface area contributed by atoms with E-state index in [0.29, 0.717) is 12.3 Å². The van der Waals surface area contributed by atoms with E-state index in [0.717, 1.165) is 36.7 Å². The number of hydrogen-bond donors (Lipinski definition) is 1. The number of aryl methyl sites for hydroxylation is 3. The normalized spacial score (nSPS) is 11.1. The van der Waals surface area contributed by atoms with Crippen LogP contribution in [0.15, 0.2) is 55.1 Å². The van der Waals surface area contributed by atoms with Gasteiger partial charge in [-0.2, -0.15) is 14.6 Å². The molecule has 132 valence electrons. The number of nitrogens with zero attached hydrogens (tertiary/aromatic N) is 6. The molecule has 26 heavy (non-hydrogen) atoms. The SMILES string of the molecule is Cc1cc(NCc2nccn2CCCc2ccccc2)n2ncnc2n1. The summed E-state index contributed by atoms with van der Waals surface area (Å²) < 4.78 is 3.90. The molecule has 0 fully saturated rings. The Kier molecular flexibility index (Phi) is 4.59. The first kappa shape index (κ1) is 16.3. The van der Waals surface area contributed by atoms with Crippen LogP contribution in [0.1, 0.15) is 23.5 Å². The summed E-state index contributed by atoms with van der Waals surface area (Å²) in [5, 5.41) is 7.62.